The Morgan fingerprint density at radius 3 is 2.31 bits per heavy atom. The maximum Gasteiger partial charge on any atom is 0.320 e. The van der Waals surface area contributed by atoms with Crippen LogP contribution in [-0.2, 0) is 14.6 Å². The Kier molecular flexibility index (Phi) is 2.60. The van der Waals surface area contributed by atoms with Crippen molar-refractivity contribution in [3.63, 3.8) is 0 Å². The quantitative estimate of drug-likeness (QED) is 0.475. The highest BCUT2D eigenvalue weighted by Crippen LogP contribution is 2.21. The summed E-state index contributed by atoms with van der Waals surface area (Å²) in [4.78, 5) is 10.4. The van der Waals surface area contributed by atoms with Crippen LogP contribution < -0.4 is 5.73 Å². The SMILES string of the molecule is N[C@@H](C(=O)O)[C@@H]1CS(=O)(=O)C[C@H]1O. The van der Waals surface area contributed by atoms with Gasteiger partial charge in [-0.3, -0.25) is 4.79 Å². The molecule has 1 rings (SSSR count). The highest BCUT2D eigenvalue weighted by Gasteiger charge is 2.42. The van der Waals surface area contributed by atoms with E-state index in [1.165, 1.54) is 0 Å². The zero-order valence-corrected chi connectivity index (χ0v) is 7.57. The van der Waals surface area contributed by atoms with Crippen molar-refractivity contribution in [1.29, 1.82) is 0 Å². The Morgan fingerprint density at radius 2 is 2.00 bits per heavy atom. The lowest BCUT2D eigenvalue weighted by Gasteiger charge is -2.16. The van der Waals surface area contributed by atoms with Gasteiger partial charge in [0.1, 0.15) is 6.04 Å². The summed E-state index contributed by atoms with van der Waals surface area (Å²) < 4.78 is 21.9. The number of aliphatic carboxylic acids is 1. The van der Waals surface area contributed by atoms with Gasteiger partial charge >= 0.3 is 5.97 Å². The van der Waals surface area contributed by atoms with Crippen molar-refractivity contribution in [2.24, 2.45) is 11.7 Å². The van der Waals surface area contributed by atoms with Crippen LogP contribution in [0.15, 0.2) is 0 Å². The predicted molar refractivity (Wildman–Crippen MR) is 43.8 cm³/mol. The maximum absolute atomic E-state index is 11.0. The minimum Gasteiger partial charge on any atom is -0.480 e. The zero-order chi connectivity index (χ0) is 10.2. The lowest BCUT2D eigenvalue weighted by atomic mass is 9.98. The van der Waals surface area contributed by atoms with E-state index < -0.39 is 39.6 Å². The number of carboxylic acids is 1. The van der Waals surface area contributed by atoms with Crippen molar-refractivity contribution in [2.45, 2.75) is 12.1 Å². The van der Waals surface area contributed by atoms with E-state index in [1.807, 2.05) is 0 Å². The molecule has 3 atom stereocenters. The highest BCUT2D eigenvalue weighted by molar-refractivity contribution is 7.91. The first kappa shape index (κ1) is 10.4. The Morgan fingerprint density at radius 1 is 1.46 bits per heavy atom. The van der Waals surface area contributed by atoms with Crippen molar-refractivity contribution in [1.82, 2.24) is 0 Å². The molecule has 4 N–H and O–H groups in total. The molecular weight excluding hydrogens is 198 g/mol. The van der Waals surface area contributed by atoms with E-state index in [4.69, 9.17) is 10.8 Å². The van der Waals surface area contributed by atoms with Crippen LogP contribution in [0.4, 0.5) is 0 Å². The fraction of sp³-hybridized carbons (Fsp3) is 0.833. The van der Waals surface area contributed by atoms with E-state index >= 15 is 0 Å². The molecule has 0 aromatic rings. The molecule has 0 radical (unpaired) electrons. The molecule has 0 unspecified atom stereocenters. The molecule has 1 aliphatic heterocycles. The first-order valence-electron chi connectivity index (χ1n) is 3.70. The molecule has 0 spiro atoms. The molecule has 1 heterocycles. The molecule has 0 saturated carbocycles. The summed E-state index contributed by atoms with van der Waals surface area (Å²) in [5.74, 6) is -2.91. The number of hydrogen-bond donors (Lipinski definition) is 3. The molecule has 6 nitrogen and oxygen atoms in total. The number of hydrogen-bond acceptors (Lipinski definition) is 5. The Balaban J connectivity index is 2.79. The number of carboxylic acid groups (broad SMARTS) is 1. The van der Waals surface area contributed by atoms with Crippen LogP contribution in [0, 0.1) is 5.92 Å². The minimum absolute atomic E-state index is 0.346. The van der Waals surface area contributed by atoms with Gasteiger partial charge in [-0.1, -0.05) is 0 Å². The van der Waals surface area contributed by atoms with Gasteiger partial charge < -0.3 is 15.9 Å². The average molecular weight is 209 g/mol. The van der Waals surface area contributed by atoms with Gasteiger partial charge in [0.15, 0.2) is 9.84 Å². The smallest absolute Gasteiger partial charge is 0.320 e. The fourth-order valence-electron chi connectivity index (χ4n) is 1.38. The molecule has 0 aromatic heterocycles. The van der Waals surface area contributed by atoms with Crippen molar-refractivity contribution in [3.8, 4) is 0 Å². The second kappa shape index (κ2) is 3.24. The summed E-state index contributed by atoms with van der Waals surface area (Å²) in [6, 6.07) is -1.31. The minimum atomic E-state index is -3.32. The normalized spacial score (nSPS) is 34.3. The predicted octanol–water partition coefficient (Wildman–Crippen LogP) is -2.20. The van der Waals surface area contributed by atoms with E-state index in [2.05, 4.69) is 0 Å². The maximum atomic E-state index is 11.0. The number of nitrogens with two attached hydrogens (primary N) is 1. The van der Waals surface area contributed by atoms with Crippen LogP contribution >= 0.6 is 0 Å². The van der Waals surface area contributed by atoms with Gasteiger partial charge in [0.2, 0.25) is 0 Å². The second-order valence-corrected chi connectivity index (χ2v) is 5.33. The molecule has 7 heteroatoms. The van der Waals surface area contributed by atoms with E-state index in [1.54, 1.807) is 0 Å². The lowest BCUT2D eigenvalue weighted by Crippen LogP contribution is -2.43. The molecule has 1 saturated heterocycles. The Bertz CT molecular complexity index is 311. The van der Waals surface area contributed by atoms with Crippen molar-refractivity contribution in [2.75, 3.05) is 11.5 Å². The fourth-order valence-corrected chi connectivity index (χ4v) is 3.30. The molecule has 0 aliphatic carbocycles. The summed E-state index contributed by atoms with van der Waals surface area (Å²) in [6.45, 7) is 0. The summed E-state index contributed by atoms with van der Waals surface area (Å²) in [7, 11) is -3.32. The molecule has 1 aliphatic rings. The van der Waals surface area contributed by atoms with Gasteiger partial charge in [0.05, 0.1) is 17.6 Å². The van der Waals surface area contributed by atoms with Gasteiger partial charge in [-0.05, 0) is 0 Å². The summed E-state index contributed by atoms with van der Waals surface area (Å²) in [5.41, 5.74) is 5.21. The zero-order valence-electron chi connectivity index (χ0n) is 6.75. The monoisotopic (exact) mass is 209 g/mol. The topological polar surface area (TPSA) is 118 Å². The van der Waals surface area contributed by atoms with Crippen LogP contribution in [-0.4, -0.2) is 48.3 Å². The van der Waals surface area contributed by atoms with Crippen molar-refractivity contribution >= 4 is 15.8 Å². The summed E-state index contributed by atoms with van der Waals surface area (Å²) >= 11 is 0. The van der Waals surface area contributed by atoms with Crippen LogP contribution in [0.3, 0.4) is 0 Å². The van der Waals surface area contributed by atoms with E-state index in [-0.39, 0.29) is 5.75 Å². The second-order valence-electron chi connectivity index (χ2n) is 3.17. The summed E-state index contributed by atoms with van der Waals surface area (Å²) in [6.07, 6.45) is -1.16. The largest absolute Gasteiger partial charge is 0.480 e. The van der Waals surface area contributed by atoms with E-state index in [0.29, 0.717) is 0 Å². The van der Waals surface area contributed by atoms with Gasteiger partial charge in [-0.25, -0.2) is 8.42 Å². The molecular formula is C6H11NO5S. The lowest BCUT2D eigenvalue weighted by molar-refractivity contribution is -0.140. The standard InChI is InChI=1S/C6H11NO5S/c7-5(6(9)10)3-1-13(11,12)2-4(3)8/h3-5,8H,1-2,7H2,(H,9,10)/t3-,4-,5-/m1/s1. The van der Waals surface area contributed by atoms with Crippen molar-refractivity contribution < 1.29 is 23.4 Å². The number of aliphatic hydroxyl groups is 1. The Hall–Kier alpha value is -0.660. The van der Waals surface area contributed by atoms with E-state index in [9.17, 15) is 18.3 Å². The third-order valence-corrected chi connectivity index (χ3v) is 3.85. The van der Waals surface area contributed by atoms with Crippen LogP contribution in [0.1, 0.15) is 0 Å². The molecule has 13 heavy (non-hydrogen) atoms. The molecule has 0 aromatic carbocycles. The van der Waals surface area contributed by atoms with Gasteiger partial charge in [-0.15, -0.1) is 0 Å². The van der Waals surface area contributed by atoms with Crippen molar-refractivity contribution in [3.05, 3.63) is 0 Å². The van der Waals surface area contributed by atoms with Gasteiger partial charge in [0, 0.05) is 5.92 Å². The third kappa shape index (κ3) is 2.17. The molecule has 76 valence electrons. The molecule has 0 amide bonds. The molecule has 1 fully saturated rings. The van der Waals surface area contributed by atoms with Crippen LogP contribution in [0.5, 0.6) is 0 Å². The highest BCUT2D eigenvalue weighted by atomic mass is 32.2. The van der Waals surface area contributed by atoms with E-state index in [0.717, 1.165) is 0 Å². The van der Waals surface area contributed by atoms with Crippen LogP contribution in [0.25, 0.3) is 0 Å². The third-order valence-electron chi connectivity index (χ3n) is 2.11. The van der Waals surface area contributed by atoms with Gasteiger partial charge in [0.25, 0.3) is 0 Å². The number of sulfone groups is 1. The average Bonchev–Trinajstić information content (AvgIpc) is 2.22. The first-order chi connectivity index (χ1) is 5.83. The number of rotatable bonds is 2. The summed E-state index contributed by atoms with van der Waals surface area (Å²) in [5, 5.41) is 17.7. The molecule has 0 bridgehead atoms. The number of carbonyl (C=O) groups is 1. The van der Waals surface area contributed by atoms with Gasteiger partial charge in [-0.2, -0.15) is 0 Å². The first-order valence-corrected chi connectivity index (χ1v) is 5.52. The Labute approximate surface area is 75.3 Å². The number of aliphatic hydroxyl groups excluding tert-OH is 1. The van der Waals surface area contributed by atoms with Crippen LogP contribution in [0.2, 0.25) is 0 Å².